The van der Waals surface area contributed by atoms with E-state index in [0.29, 0.717) is 16.9 Å². The van der Waals surface area contributed by atoms with Crippen LogP contribution in [0.1, 0.15) is 38.7 Å². The standard InChI is InChI=1S/C15H20BrF2N/c1-3-8-19-10(2)15(6-7-15)9-11-13(17)5-4-12(16)14(11)18/h4-5,10,19H,3,6-9H2,1-2H3. The van der Waals surface area contributed by atoms with Crippen LogP contribution in [0, 0.1) is 17.0 Å². The lowest BCUT2D eigenvalue weighted by Gasteiger charge is -2.25. The van der Waals surface area contributed by atoms with E-state index in [4.69, 9.17) is 0 Å². The van der Waals surface area contributed by atoms with E-state index in [1.807, 2.05) is 0 Å². The van der Waals surface area contributed by atoms with Gasteiger partial charge in [0.25, 0.3) is 0 Å². The predicted octanol–water partition coefficient (Wildman–Crippen LogP) is 4.44. The number of hydrogen-bond acceptors (Lipinski definition) is 1. The van der Waals surface area contributed by atoms with E-state index < -0.39 is 11.6 Å². The molecule has 0 radical (unpaired) electrons. The average molecular weight is 332 g/mol. The molecule has 1 aromatic rings. The van der Waals surface area contributed by atoms with E-state index in [2.05, 4.69) is 35.1 Å². The Morgan fingerprint density at radius 2 is 2.05 bits per heavy atom. The lowest BCUT2D eigenvalue weighted by molar-refractivity contribution is 0.341. The zero-order chi connectivity index (χ0) is 14.0. The zero-order valence-corrected chi connectivity index (χ0v) is 13.0. The molecule has 106 valence electrons. The maximum Gasteiger partial charge on any atom is 0.143 e. The highest BCUT2D eigenvalue weighted by Crippen LogP contribution is 2.52. The second kappa shape index (κ2) is 5.88. The van der Waals surface area contributed by atoms with Gasteiger partial charge in [-0.2, -0.15) is 0 Å². The average Bonchev–Trinajstić information content (AvgIpc) is 3.17. The van der Waals surface area contributed by atoms with Crippen LogP contribution in [0.25, 0.3) is 0 Å². The molecule has 4 heteroatoms. The van der Waals surface area contributed by atoms with Crippen molar-refractivity contribution in [2.75, 3.05) is 6.54 Å². The minimum atomic E-state index is -0.450. The molecule has 0 spiro atoms. The lowest BCUT2D eigenvalue weighted by atomic mass is 9.89. The van der Waals surface area contributed by atoms with E-state index >= 15 is 0 Å². The van der Waals surface area contributed by atoms with Gasteiger partial charge in [0.15, 0.2) is 0 Å². The van der Waals surface area contributed by atoms with Crippen molar-refractivity contribution in [1.29, 1.82) is 0 Å². The number of hydrogen-bond donors (Lipinski definition) is 1. The second-order valence-electron chi connectivity index (χ2n) is 5.54. The van der Waals surface area contributed by atoms with Crippen molar-refractivity contribution in [1.82, 2.24) is 5.32 Å². The maximum absolute atomic E-state index is 14.0. The first-order chi connectivity index (χ1) is 9.00. The first kappa shape index (κ1) is 14.9. The third kappa shape index (κ3) is 3.16. The minimum absolute atomic E-state index is 0.0254. The van der Waals surface area contributed by atoms with Gasteiger partial charge in [-0.25, -0.2) is 8.78 Å². The van der Waals surface area contributed by atoms with Gasteiger partial charge in [0.1, 0.15) is 11.6 Å². The summed E-state index contributed by atoms with van der Waals surface area (Å²) in [5, 5.41) is 3.45. The van der Waals surface area contributed by atoms with Crippen molar-refractivity contribution in [2.45, 2.75) is 45.6 Å². The monoisotopic (exact) mass is 331 g/mol. The third-order valence-electron chi connectivity index (χ3n) is 4.18. The number of rotatable bonds is 6. The van der Waals surface area contributed by atoms with Crippen LogP contribution in [0.2, 0.25) is 0 Å². The fourth-order valence-corrected chi connectivity index (χ4v) is 2.96. The van der Waals surface area contributed by atoms with Crippen LogP contribution in [-0.4, -0.2) is 12.6 Å². The Morgan fingerprint density at radius 3 is 2.63 bits per heavy atom. The Labute approximate surface area is 121 Å². The highest BCUT2D eigenvalue weighted by Gasteiger charge is 2.47. The van der Waals surface area contributed by atoms with Gasteiger partial charge >= 0.3 is 0 Å². The Bertz CT molecular complexity index is 458. The molecule has 1 aromatic carbocycles. The molecule has 0 aromatic heterocycles. The molecule has 1 saturated carbocycles. The van der Waals surface area contributed by atoms with E-state index in [1.54, 1.807) is 0 Å². The topological polar surface area (TPSA) is 12.0 Å². The molecular formula is C15H20BrF2N. The Morgan fingerprint density at radius 1 is 1.37 bits per heavy atom. The first-order valence-electron chi connectivity index (χ1n) is 6.86. The molecule has 19 heavy (non-hydrogen) atoms. The van der Waals surface area contributed by atoms with E-state index in [9.17, 15) is 8.78 Å². The summed E-state index contributed by atoms with van der Waals surface area (Å²) in [6, 6.07) is 3.06. The van der Waals surface area contributed by atoms with Crippen LogP contribution in [0.3, 0.4) is 0 Å². The summed E-state index contributed by atoms with van der Waals surface area (Å²) in [4.78, 5) is 0. The van der Waals surface area contributed by atoms with Gasteiger partial charge < -0.3 is 5.32 Å². The predicted molar refractivity (Wildman–Crippen MR) is 77.2 cm³/mol. The molecule has 2 rings (SSSR count). The Kier molecular flexibility index (Phi) is 4.62. The van der Waals surface area contributed by atoms with Gasteiger partial charge in [-0.3, -0.25) is 0 Å². The van der Waals surface area contributed by atoms with Crippen molar-refractivity contribution >= 4 is 15.9 Å². The Hall–Kier alpha value is -0.480. The van der Waals surface area contributed by atoms with Crippen LogP contribution in [0.5, 0.6) is 0 Å². The summed E-state index contributed by atoms with van der Waals surface area (Å²) in [5.41, 5.74) is 0.245. The van der Waals surface area contributed by atoms with Crippen LogP contribution in [0.15, 0.2) is 16.6 Å². The molecule has 1 aliphatic carbocycles. The molecule has 1 aliphatic rings. The lowest BCUT2D eigenvalue weighted by Crippen LogP contribution is -2.36. The molecular weight excluding hydrogens is 312 g/mol. The molecule has 1 N–H and O–H groups in total. The number of halogens is 3. The van der Waals surface area contributed by atoms with Crippen molar-refractivity contribution in [3.8, 4) is 0 Å². The SMILES string of the molecule is CCCNC(C)C1(Cc2c(F)ccc(Br)c2F)CC1. The summed E-state index contributed by atoms with van der Waals surface area (Å²) >= 11 is 3.13. The van der Waals surface area contributed by atoms with Crippen LogP contribution in [0.4, 0.5) is 8.78 Å². The van der Waals surface area contributed by atoms with Gasteiger partial charge in [-0.1, -0.05) is 6.92 Å². The van der Waals surface area contributed by atoms with Gasteiger partial charge in [0, 0.05) is 11.6 Å². The van der Waals surface area contributed by atoms with Gasteiger partial charge in [-0.05, 0) is 72.6 Å². The van der Waals surface area contributed by atoms with E-state index in [-0.39, 0.29) is 11.0 Å². The highest BCUT2D eigenvalue weighted by atomic mass is 79.9. The van der Waals surface area contributed by atoms with Crippen molar-refractivity contribution < 1.29 is 8.78 Å². The number of benzene rings is 1. The van der Waals surface area contributed by atoms with Crippen LogP contribution >= 0.6 is 15.9 Å². The van der Waals surface area contributed by atoms with Gasteiger partial charge in [0.05, 0.1) is 4.47 Å². The molecule has 0 bridgehead atoms. The number of nitrogens with one attached hydrogen (secondary N) is 1. The zero-order valence-electron chi connectivity index (χ0n) is 11.4. The summed E-state index contributed by atoms with van der Waals surface area (Å²) in [5.74, 6) is -0.886. The quantitative estimate of drug-likeness (QED) is 0.760. The molecule has 0 aliphatic heterocycles. The molecule has 0 saturated heterocycles. The maximum atomic E-state index is 14.0. The summed E-state index contributed by atoms with van der Waals surface area (Å²) in [7, 11) is 0. The van der Waals surface area contributed by atoms with E-state index in [0.717, 1.165) is 25.8 Å². The molecule has 1 atom stereocenters. The van der Waals surface area contributed by atoms with Crippen molar-refractivity contribution in [2.24, 2.45) is 5.41 Å². The second-order valence-corrected chi connectivity index (χ2v) is 6.39. The molecule has 1 unspecified atom stereocenters. The molecule has 1 nitrogen and oxygen atoms in total. The minimum Gasteiger partial charge on any atom is -0.314 e. The highest BCUT2D eigenvalue weighted by molar-refractivity contribution is 9.10. The summed E-state index contributed by atoms with van der Waals surface area (Å²) in [6.07, 6.45) is 3.62. The molecule has 0 amide bonds. The Balaban J connectivity index is 2.15. The normalized spacial score (nSPS) is 18.4. The van der Waals surface area contributed by atoms with Crippen molar-refractivity contribution in [3.63, 3.8) is 0 Å². The molecule has 0 heterocycles. The largest absolute Gasteiger partial charge is 0.314 e. The van der Waals surface area contributed by atoms with Crippen molar-refractivity contribution in [3.05, 3.63) is 33.8 Å². The summed E-state index contributed by atoms with van der Waals surface area (Å²) < 4.78 is 28.2. The summed E-state index contributed by atoms with van der Waals surface area (Å²) in [6.45, 7) is 5.19. The van der Waals surface area contributed by atoms with Gasteiger partial charge in [-0.15, -0.1) is 0 Å². The van der Waals surface area contributed by atoms with Crippen LogP contribution in [-0.2, 0) is 6.42 Å². The fraction of sp³-hybridized carbons (Fsp3) is 0.600. The third-order valence-corrected chi connectivity index (χ3v) is 4.79. The van der Waals surface area contributed by atoms with Gasteiger partial charge in [0.2, 0.25) is 0 Å². The smallest absolute Gasteiger partial charge is 0.143 e. The molecule has 1 fully saturated rings. The van der Waals surface area contributed by atoms with E-state index in [1.165, 1.54) is 12.1 Å². The van der Waals surface area contributed by atoms with Crippen LogP contribution < -0.4 is 5.32 Å². The fourth-order valence-electron chi connectivity index (χ4n) is 2.58. The first-order valence-corrected chi connectivity index (χ1v) is 7.65.